The molecular formula is C4H9NO. The molecule has 6 heavy (non-hydrogen) atoms. The molecule has 0 bridgehead atoms. The van der Waals surface area contributed by atoms with E-state index in [1.54, 1.807) is 0 Å². The van der Waals surface area contributed by atoms with Gasteiger partial charge in [0.05, 0.1) is 0 Å². The minimum atomic E-state index is 0.538. The summed E-state index contributed by atoms with van der Waals surface area (Å²) >= 11 is 0. The topological polar surface area (TPSA) is 32.3 Å². The first-order valence-corrected chi connectivity index (χ1v) is 1.90. The largest absolute Gasteiger partial charge is 0.317 e. The molecule has 0 aliphatic carbocycles. The summed E-state index contributed by atoms with van der Waals surface area (Å²) in [6.45, 7) is 2.44. The molecule has 36 valence electrons. The van der Waals surface area contributed by atoms with Crippen LogP contribution in [0.1, 0.15) is 6.92 Å². The van der Waals surface area contributed by atoms with Crippen LogP contribution >= 0.6 is 0 Å². The van der Waals surface area contributed by atoms with E-state index in [1.807, 2.05) is 24.6 Å². The lowest BCUT2D eigenvalue weighted by Gasteiger charge is -1.80. The van der Waals surface area contributed by atoms with Gasteiger partial charge in [-0.05, 0) is 6.92 Å². The second-order valence-corrected chi connectivity index (χ2v) is 0.931. The third-order valence-corrected chi connectivity index (χ3v) is 0.445. The highest BCUT2D eigenvalue weighted by molar-refractivity contribution is 4.77. The molecule has 0 saturated carbocycles. The smallest absolute Gasteiger partial charge is 0.0388 e. The van der Waals surface area contributed by atoms with E-state index in [4.69, 9.17) is 5.21 Å². The summed E-state index contributed by atoms with van der Waals surface area (Å²) in [6.07, 6.45) is 3.68. The van der Waals surface area contributed by atoms with E-state index in [0.717, 1.165) is 0 Å². The third kappa shape index (κ3) is 3.66. The van der Waals surface area contributed by atoms with Crippen LogP contribution in [-0.4, -0.2) is 11.8 Å². The first-order valence-electron chi connectivity index (χ1n) is 1.90. The lowest BCUT2D eigenvalue weighted by molar-refractivity contribution is 0.179. The predicted molar refractivity (Wildman–Crippen MR) is 24.6 cm³/mol. The molecule has 0 heterocycles. The highest BCUT2D eigenvalue weighted by Gasteiger charge is 1.62. The number of hydroxylamine groups is 1. The second-order valence-electron chi connectivity index (χ2n) is 0.931. The standard InChI is InChI=1S/C4H9NO/c1-2-3-4-5-6/h2-3,5-6H,4H2,1H3. The fourth-order valence-corrected chi connectivity index (χ4v) is 0.171. The molecule has 0 aliphatic rings. The van der Waals surface area contributed by atoms with Crippen LogP contribution in [0.4, 0.5) is 0 Å². The SMILES string of the molecule is CC=CCNO. The maximum absolute atomic E-state index is 7.90. The summed E-state index contributed by atoms with van der Waals surface area (Å²) in [5, 5.41) is 7.90. The molecule has 0 aromatic heterocycles. The molecule has 2 N–H and O–H groups in total. The van der Waals surface area contributed by atoms with Crippen molar-refractivity contribution in [2.45, 2.75) is 6.92 Å². The molecule has 0 unspecified atom stereocenters. The minimum absolute atomic E-state index is 0.538. The average Bonchev–Trinajstić information content (AvgIpc) is 1.61. The Morgan fingerprint density at radius 1 is 1.83 bits per heavy atom. The molecule has 0 saturated heterocycles. The molecule has 0 rings (SSSR count). The zero-order chi connectivity index (χ0) is 4.83. The molecule has 0 aliphatic heterocycles. The fraction of sp³-hybridized carbons (Fsp3) is 0.500. The fourth-order valence-electron chi connectivity index (χ4n) is 0.171. The van der Waals surface area contributed by atoms with Crippen LogP contribution in [0.3, 0.4) is 0 Å². The summed E-state index contributed by atoms with van der Waals surface area (Å²) < 4.78 is 0. The molecule has 0 radical (unpaired) electrons. The average molecular weight is 87.1 g/mol. The Morgan fingerprint density at radius 3 is 2.67 bits per heavy atom. The van der Waals surface area contributed by atoms with Crippen molar-refractivity contribution in [3.63, 3.8) is 0 Å². The highest BCUT2D eigenvalue weighted by Crippen LogP contribution is 1.61. The zero-order valence-corrected chi connectivity index (χ0v) is 3.81. The molecule has 0 atom stereocenters. The van der Waals surface area contributed by atoms with E-state index < -0.39 is 0 Å². The Hall–Kier alpha value is -0.340. The number of hydrogen-bond acceptors (Lipinski definition) is 2. The molecule has 2 heteroatoms. The van der Waals surface area contributed by atoms with Gasteiger partial charge in [0.15, 0.2) is 0 Å². The van der Waals surface area contributed by atoms with Crippen molar-refractivity contribution in [3.05, 3.63) is 12.2 Å². The Labute approximate surface area is 37.4 Å². The van der Waals surface area contributed by atoms with Gasteiger partial charge in [0.2, 0.25) is 0 Å². The number of nitrogens with one attached hydrogen (secondary N) is 1. The van der Waals surface area contributed by atoms with Crippen molar-refractivity contribution in [1.29, 1.82) is 0 Å². The molecule has 0 fully saturated rings. The quantitative estimate of drug-likeness (QED) is 0.380. The van der Waals surface area contributed by atoms with Crippen molar-refractivity contribution in [2.75, 3.05) is 6.54 Å². The third-order valence-electron chi connectivity index (χ3n) is 0.445. The molecule has 0 amide bonds. The van der Waals surface area contributed by atoms with Gasteiger partial charge >= 0.3 is 0 Å². The first kappa shape index (κ1) is 5.66. The Balaban J connectivity index is 2.66. The predicted octanol–water partition coefficient (Wildman–Crippen LogP) is 0.541. The lowest BCUT2D eigenvalue weighted by Crippen LogP contribution is -2.04. The minimum Gasteiger partial charge on any atom is -0.317 e. The van der Waals surface area contributed by atoms with Crippen LogP contribution in [0.25, 0.3) is 0 Å². The maximum Gasteiger partial charge on any atom is 0.0388 e. The van der Waals surface area contributed by atoms with Crippen molar-refractivity contribution >= 4 is 0 Å². The number of rotatable bonds is 2. The first-order chi connectivity index (χ1) is 2.91. The van der Waals surface area contributed by atoms with Crippen molar-refractivity contribution in [2.24, 2.45) is 0 Å². The van der Waals surface area contributed by atoms with Gasteiger partial charge in [-0.3, -0.25) is 0 Å². The van der Waals surface area contributed by atoms with Gasteiger partial charge in [0.1, 0.15) is 0 Å². The van der Waals surface area contributed by atoms with Crippen molar-refractivity contribution in [3.8, 4) is 0 Å². The molecule has 0 spiro atoms. The monoisotopic (exact) mass is 87.1 g/mol. The van der Waals surface area contributed by atoms with Crippen LogP contribution in [-0.2, 0) is 0 Å². The van der Waals surface area contributed by atoms with E-state index in [9.17, 15) is 0 Å². The summed E-state index contributed by atoms with van der Waals surface area (Å²) in [5.74, 6) is 0. The molecule has 2 nitrogen and oxygen atoms in total. The van der Waals surface area contributed by atoms with Crippen LogP contribution in [0.2, 0.25) is 0 Å². The van der Waals surface area contributed by atoms with Gasteiger partial charge in [-0.25, -0.2) is 5.48 Å². The van der Waals surface area contributed by atoms with Gasteiger partial charge in [0.25, 0.3) is 0 Å². The summed E-state index contributed by atoms with van der Waals surface area (Å²) in [7, 11) is 0. The molecular weight excluding hydrogens is 78.0 g/mol. The van der Waals surface area contributed by atoms with Crippen molar-refractivity contribution < 1.29 is 5.21 Å². The van der Waals surface area contributed by atoms with Gasteiger partial charge < -0.3 is 5.21 Å². The molecule has 0 aromatic rings. The van der Waals surface area contributed by atoms with E-state index in [-0.39, 0.29) is 0 Å². The summed E-state index contributed by atoms with van der Waals surface area (Å²) in [4.78, 5) is 0. The second kappa shape index (κ2) is 4.66. The van der Waals surface area contributed by atoms with Gasteiger partial charge in [-0.2, -0.15) is 0 Å². The highest BCUT2D eigenvalue weighted by atomic mass is 16.5. The van der Waals surface area contributed by atoms with Crippen LogP contribution in [0.15, 0.2) is 12.2 Å². The molecule has 0 aromatic carbocycles. The summed E-state index contributed by atoms with van der Waals surface area (Å²) in [5.41, 5.74) is 1.98. The Kier molecular flexibility index (Phi) is 4.40. The number of allylic oxidation sites excluding steroid dienone is 1. The summed E-state index contributed by atoms with van der Waals surface area (Å²) in [6, 6.07) is 0. The van der Waals surface area contributed by atoms with E-state index in [2.05, 4.69) is 0 Å². The maximum atomic E-state index is 7.90. The van der Waals surface area contributed by atoms with Crippen LogP contribution in [0.5, 0.6) is 0 Å². The Morgan fingerprint density at radius 2 is 2.50 bits per heavy atom. The van der Waals surface area contributed by atoms with Gasteiger partial charge in [-0.15, -0.1) is 0 Å². The van der Waals surface area contributed by atoms with E-state index in [1.165, 1.54) is 0 Å². The lowest BCUT2D eigenvalue weighted by atomic mass is 10.5. The van der Waals surface area contributed by atoms with Crippen molar-refractivity contribution in [1.82, 2.24) is 5.48 Å². The normalized spacial score (nSPS) is 10.3. The van der Waals surface area contributed by atoms with E-state index >= 15 is 0 Å². The van der Waals surface area contributed by atoms with Crippen LogP contribution in [0, 0.1) is 0 Å². The Bertz CT molecular complexity index is 42.8. The van der Waals surface area contributed by atoms with Gasteiger partial charge in [-0.1, -0.05) is 12.2 Å². The van der Waals surface area contributed by atoms with Gasteiger partial charge in [0, 0.05) is 6.54 Å². The number of hydrogen-bond donors (Lipinski definition) is 2. The zero-order valence-electron chi connectivity index (χ0n) is 3.81. The van der Waals surface area contributed by atoms with Crippen LogP contribution < -0.4 is 5.48 Å². The van der Waals surface area contributed by atoms with E-state index in [0.29, 0.717) is 6.54 Å².